The Morgan fingerprint density at radius 1 is 1.00 bits per heavy atom. The molecule has 0 fully saturated rings. The van der Waals surface area contributed by atoms with Crippen LogP contribution in [0.3, 0.4) is 0 Å². The summed E-state index contributed by atoms with van der Waals surface area (Å²) in [6.45, 7) is 0. The Balaban J connectivity index is 2.28. The average Bonchev–Trinajstić information content (AvgIpc) is 2.38. The Labute approximate surface area is 99.6 Å². The van der Waals surface area contributed by atoms with E-state index in [1.807, 2.05) is 30.3 Å². The zero-order chi connectivity index (χ0) is 12.1. The van der Waals surface area contributed by atoms with Gasteiger partial charge in [-0.05, 0) is 30.2 Å². The van der Waals surface area contributed by atoms with E-state index in [2.05, 4.69) is 9.97 Å². The first kappa shape index (κ1) is 11.7. The van der Waals surface area contributed by atoms with Crippen molar-refractivity contribution >= 4 is 0 Å². The van der Waals surface area contributed by atoms with Crippen molar-refractivity contribution in [1.29, 1.82) is 0 Å². The zero-order valence-electron chi connectivity index (χ0n) is 9.32. The molecule has 0 amide bonds. The van der Waals surface area contributed by atoms with Gasteiger partial charge in [-0.15, -0.1) is 0 Å². The molecule has 0 bridgehead atoms. The number of aliphatic hydroxyl groups excluding tert-OH is 1. The smallest absolute Gasteiger partial charge is 0.151 e. The SMILES string of the molecule is OC(O)CCc1cccnc1-c1ccccn1. The lowest BCUT2D eigenvalue weighted by atomic mass is 10.1. The van der Waals surface area contributed by atoms with Crippen molar-refractivity contribution in [3.63, 3.8) is 0 Å². The van der Waals surface area contributed by atoms with Gasteiger partial charge in [0.25, 0.3) is 0 Å². The third-order valence-corrected chi connectivity index (χ3v) is 2.47. The topological polar surface area (TPSA) is 66.2 Å². The summed E-state index contributed by atoms with van der Waals surface area (Å²) in [5.74, 6) is 0. The highest BCUT2D eigenvalue weighted by Crippen LogP contribution is 2.19. The summed E-state index contributed by atoms with van der Waals surface area (Å²) < 4.78 is 0. The molecule has 4 nitrogen and oxygen atoms in total. The molecule has 17 heavy (non-hydrogen) atoms. The maximum absolute atomic E-state index is 8.89. The van der Waals surface area contributed by atoms with Crippen molar-refractivity contribution in [2.45, 2.75) is 19.1 Å². The molecule has 0 spiro atoms. The maximum Gasteiger partial charge on any atom is 0.151 e. The van der Waals surface area contributed by atoms with Gasteiger partial charge in [0.1, 0.15) is 0 Å². The molecule has 2 rings (SSSR count). The van der Waals surface area contributed by atoms with E-state index in [-0.39, 0.29) is 0 Å². The minimum absolute atomic E-state index is 0.297. The molecular weight excluding hydrogens is 216 g/mol. The predicted molar refractivity (Wildman–Crippen MR) is 64.0 cm³/mol. The molecule has 0 aliphatic heterocycles. The highest BCUT2D eigenvalue weighted by Gasteiger charge is 2.08. The van der Waals surface area contributed by atoms with E-state index < -0.39 is 6.29 Å². The lowest BCUT2D eigenvalue weighted by molar-refractivity contribution is -0.0446. The third kappa shape index (κ3) is 3.09. The minimum atomic E-state index is -1.29. The number of aromatic nitrogens is 2. The van der Waals surface area contributed by atoms with Gasteiger partial charge in [0.05, 0.1) is 11.4 Å². The van der Waals surface area contributed by atoms with Crippen LogP contribution in [0.25, 0.3) is 11.4 Å². The predicted octanol–water partition coefficient (Wildman–Crippen LogP) is 1.39. The molecule has 0 radical (unpaired) electrons. The summed E-state index contributed by atoms with van der Waals surface area (Å²) in [7, 11) is 0. The van der Waals surface area contributed by atoms with Crippen LogP contribution >= 0.6 is 0 Å². The number of aliphatic hydroxyl groups is 2. The number of pyridine rings is 2. The van der Waals surface area contributed by atoms with E-state index in [1.165, 1.54) is 0 Å². The molecule has 2 N–H and O–H groups in total. The fraction of sp³-hybridized carbons (Fsp3) is 0.231. The fourth-order valence-corrected chi connectivity index (χ4v) is 1.66. The number of rotatable bonds is 4. The number of hydrogen-bond donors (Lipinski definition) is 2. The van der Waals surface area contributed by atoms with E-state index in [9.17, 15) is 0 Å². The van der Waals surface area contributed by atoms with Gasteiger partial charge in [0.2, 0.25) is 0 Å². The summed E-state index contributed by atoms with van der Waals surface area (Å²) in [6.07, 6.45) is 3.01. The Kier molecular flexibility index (Phi) is 3.80. The summed E-state index contributed by atoms with van der Waals surface area (Å²) in [6, 6.07) is 9.41. The first-order valence-corrected chi connectivity index (χ1v) is 5.49. The first-order valence-electron chi connectivity index (χ1n) is 5.49. The van der Waals surface area contributed by atoms with Crippen LogP contribution in [0.4, 0.5) is 0 Å². The van der Waals surface area contributed by atoms with Crippen LogP contribution in [0.1, 0.15) is 12.0 Å². The van der Waals surface area contributed by atoms with Crippen LogP contribution in [0.2, 0.25) is 0 Å². The van der Waals surface area contributed by atoms with Crippen molar-refractivity contribution in [3.05, 3.63) is 48.3 Å². The molecule has 0 atom stereocenters. The van der Waals surface area contributed by atoms with E-state index in [1.54, 1.807) is 12.4 Å². The van der Waals surface area contributed by atoms with Gasteiger partial charge in [-0.1, -0.05) is 12.1 Å². The fourth-order valence-electron chi connectivity index (χ4n) is 1.66. The van der Waals surface area contributed by atoms with Crippen molar-refractivity contribution in [2.75, 3.05) is 0 Å². The van der Waals surface area contributed by atoms with Crippen LogP contribution in [0.15, 0.2) is 42.7 Å². The van der Waals surface area contributed by atoms with Gasteiger partial charge in [0.15, 0.2) is 6.29 Å². The lowest BCUT2D eigenvalue weighted by Gasteiger charge is -2.08. The van der Waals surface area contributed by atoms with E-state index in [0.29, 0.717) is 12.8 Å². The summed E-state index contributed by atoms with van der Waals surface area (Å²) in [5.41, 5.74) is 2.57. The first-order chi connectivity index (χ1) is 8.27. The molecule has 88 valence electrons. The molecule has 0 aliphatic rings. The minimum Gasteiger partial charge on any atom is -0.368 e. The van der Waals surface area contributed by atoms with E-state index in [0.717, 1.165) is 17.0 Å². The number of hydrogen-bond acceptors (Lipinski definition) is 4. The largest absolute Gasteiger partial charge is 0.368 e. The summed E-state index contributed by atoms with van der Waals surface area (Å²) in [5, 5.41) is 17.8. The molecule has 0 aromatic carbocycles. The third-order valence-electron chi connectivity index (χ3n) is 2.47. The summed E-state index contributed by atoms with van der Waals surface area (Å²) >= 11 is 0. The second-order valence-electron chi connectivity index (χ2n) is 3.75. The molecule has 0 aliphatic carbocycles. The van der Waals surface area contributed by atoms with Crippen LogP contribution in [0.5, 0.6) is 0 Å². The molecule has 2 heterocycles. The van der Waals surface area contributed by atoms with Gasteiger partial charge >= 0.3 is 0 Å². The molecule has 0 saturated heterocycles. The van der Waals surface area contributed by atoms with Crippen LogP contribution in [0, 0.1) is 0 Å². The van der Waals surface area contributed by atoms with Crippen molar-refractivity contribution < 1.29 is 10.2 Å². The van der Waals surface area contributed by atoms with Gasteiger partial charge in [-0.2, -0.15) is 0 Å². The highest BCUT2D eigenvalue weighted by molar-refractivity contribution is 5.58. The Morgan fingerprint density at radius 3 is 2.53 bits per heavy atom. The van der Waals surface area contributed by atoms with Gasteiger partial charge < -0.3 is 10.2 Å². The normalized spacial score (nSPS) is 10.8. The van der Waals surface area contributed by atoms with Gasteiger partial charge in [-0.25, -0.2) is 0 Å². The van der Waals surface area contributed by atoms with Crippen molar-refractivity contribution in [3.8, 4) is 11.4 Å². The molecule has 0 saturated carbocycles. The van der Waals surface area contributed by atoms with E-state index in [4.69, 9.17) is 10.2 Å². The van der Waals surface area contributed by atoms with Crippen LogP contribution < -0.4 is 0 Å². The molecule has 2 aromatic rings. The maximum atomic E-state index is 8.89. The Morgan fingerprint density at radius 2 is 1.82 bits per heavy atom. The van der Waals surface area contributed by atoms with Crippen LogP contribution in [-0.2, 0) is 6.42 Å². The molecule has 4 heteroatoms. The standard InChI is InChI=1S/C13H14N2O2/c16-12(17)7-6-10-4-3-9-15-13(10)11-5-1-2-8-14-11/h1-5,8-9,12,16-17H,6-7H2. The summed E-state index contributed by atoms with van der Waals surface area (Å²) in [4.78, 5) is 8.55. The second kappa shape index (κ2) is 5.52. The monoisotopic (exact) mass is 230 g/mol. The second-order valence-corrected chi connectivity index (χ2v) is 3.75. The molecule has 2 aromatic heterocycles. The number of aryl methyl sites for hydroxylation is 1. The van der Waals surface area contributed by atoms with Crippen LogP contribution in [-0.4, -0.2) is 26.5 Å². The van der Waals surface area contributed by atoms with Gasteiger partial charge in [-0.3, -0.25) is 9.97 Å². The zero-order valence-corrected chi connectivity index (χ0v) is 9.32. The highest BCUT2D eigenvalue weighted by atomic mass is 16.5. The van der Waals surface area contributed by atoms with Crippen molar-refractivity contribution in [1.82, 2.24) is 9.97 Å². The molecular formula is C13H14N2O2. The number of nitrogens with zero attached hydrogens (tertiary/aromatic N) is 2. The van der Waals surface area contributed by atoms with Crippen molar-refractivity contribution in [2.24, 2.45) is 0 Å². The Bertz CT molecular complexity index is 472. The Hall–Kier alpha value is -1.78. The average molecular weight is 230 g/mol. The lowest BCUT2D eigenvalue weighted by Crippen LogP contribution is -2.06. The van der Waals surface area contributed by atoms with E-state index >= 15 is 0 Å². The quantitative estimate of drug-likeness (QED) is 0.779. The van der Waals surface area contributed by atoms with Gasteiger partial charge in [0, 0.05) is 18.8 Å². The molecule has 0 unspecified atom stereocenters.